The lowest BCUT2D eigenvalue weighted by Crippen LogP contribution is -2.55. The van der Waals surface area contributed by atoms with Crippen LogP contribution in [-0.2, 0) is 9.53 Å². The van der Waals surface area contributed by atoms with Gasteiger partial charge in [0.1, 0.15) is 0 Å². The van der Waals surface area contributed by atoms with E-state index in [0.29, 0.717) is 13.0 Å². The van der Waals surface area contributed by atoms with Gasteiger partial charge in [-0.15, -0.1) is 0 Å². The largest absolute Gasteiger partial charge is 0.379 e. The maximum atomic E-state index is 11.7. The van der Waals surface area contributed by atoms with E-state index in [1.807, 2.05) is 0 Å². The molecule has 1 N–H and O–H groups in total. The van der Waals surface area contributed by atoms with Crippen molar-refractivity contribution in [1.82, 2.24) is 10.2 Å². The molecule has 1 amide bonds. The quantitative estimate of drug-likeness (QED) is 0.574. The molecule has 0 spiro atoms. The fourth-order valence-electron chi connectivity index (χ4n) is 2.06. The van der Waals surface area contributed by atoms with E-state index in [1.165, 1.54) is 0 Å². The van der Waals surface area contributed by atoms with E-state index in [-0.39, 0.29) is 11.4 Å². The average molecular weight is 321 g/mol. The molecule has 1 heterocycles. The first-order valence-corrected chi connectivity index (χ1v) is 7.84. The van der Waals surface area contributed by atoms with Crippen molar-refractivity contribution in [3.05, 3.63) is 0 Å². The number of halogens is 1. The Morgan fingerprint density at radius 3 is 2.61 bits per heavy atom. The van der Waals surface area contributed by atoms with E-state index in [9.17, 15) is 4.79 Å². The van der Waals surface area contributed by atoms with Crippen LogP contribution in [0.25, 0.3) is 0 Å². The van der Waals surface area contributed by atoms with Gasteiger partial charge >= 0.3 is 0 Å². The summed E-state index contributed by atoms with van der Waals surface area (Å²) in [7, 11) is 0. The lowest BCUT2D eigenvalue weighted by Gasteiger charge is -2.40. The molecule has 5 heteroatoms. The number of nitrogens with zero attached hydrogens (tertiary/aromatic N) is 1. The summed E-state index contributed by atoms with van der Waals surface area (Å²) in [6.45, 7) is 8.55. The zero-order valence-corrected chi connectivity index (χ0v) is 13.1. The van der Waals surface area contributed by atoms with E-state index >= 15 is 0 Å². The third kappa shape index (κ3) is 5.67. The zero-order chi connectivity index (χ0) is 13.4. The number of alkyl halides is 1. The minimum absolute atomic E-state index is 0.00879. The highest BCUT2D eigenvalue weighted by Crippen LogP contribution is 2.15. The Kier molecular flexibility index (Phi) is 7.19. The van der Waals surface area contributed by atoms with Gasteiger partial charge in [-0.3, -0.25) is 9.69 Å². The van der Waals surface area contributed by atoms with Crippen molar-refractivity contribution in [3.63, 3.8) is 0 Å². The van der Waals surface area contributed by atoms with Crippen LogP contribution in [0.5, 0.6) is 0 Å². The lowest BCUT2D eigenvalue weighted by atomic mass is 10.0. The summed E-state index contributed by atoms with van der Waals surface area (Å²) in [5.74, 6) is 0.164. The topological polar surface area (TPSA) is 41.6 Å². The van der Waals surface area contributed by atoms with Crippen LogP contribution in [0.4, 0.5) is 0 Å². The highest BCUT2D eigenvalue weighted by molar-refractivity contribution is 9.09. The summed E-state index contributed by atoms with van der Waals surface area (Å²) in [6, 6.07) is 0. The van der Waals surface area contributed by atoms with Gasteiger partial charge in [-0.05, 0) is 26.7 Å². The average Bonchev–Trinajstić information content (AvgIpc) is 2.38. The molecule has 1 aliphatic heterocycles. The molecule has 0 aromatic heterocycles. The molecule has 0 saturated carbocycles. The van der Waals surface area contributed by atoms with Gasteiger partial charge in [0.25, 0.3) is 0 Å². The number of nitrogens with one attached hydrogen (secondary N) is 1. The van der Waals surface area contributed by atoms with Gasteiger partial charge in [0.15, 0.2) is 0 Å². The molecule has 0 atom stereocenters. The number of morpholine rings is 1. The molecule has 1 fully saturated rings. The molecule has 1 saturated heterocycles. The summed E-state index contributed by atoms with van der Waals surface area (Å²) < 4.78 is 5.35. The Morgan fingerprint density at radius 1 is 1.33 bits per heavy atom. The summed E-state index contributed by atoms with van der Waals surface area (Å²) in [5, 5.41) is 4.01. The van der Waals surface area contributed by atoms with Gasteiger partial charge in [0.2, 0.25) is 5.91 Å². The first-order valence-electron chi connectivity index (χ1n) is 6.72. The predicted molar refractivity (Wildman–Crippen MR) is 77.1 cm³/mol. The molecule has 0 radical (unpaired) electrons. The van der Waals surface area contributed by atoms with Gasteiger partial charge in [-0.2, -0.15) is 0 Å². The van der Waals surface area contributed by atoms with Gasteiger partial charge < -0.3 is 10.1 Å². The molecule has 106 valence electrons. The summed E-state index contributed by atoms with van der Waals surface area (Å²) >= 11 is 3.37. The van der Waals surface area contributed by atoms with Gasteiger partial charge in [-0.1, -0.05) is 15.9 Å². The fraction of sp³-hybridized carbons (Fsp3) is 0.923. The van der Waals surface area contributed by atoms with Crippen LogP contribution >= 0.6 is 15.9 Å². The maximum absolute atomic E-state index is 11.7. The normalized spacial score (nSPS) is 17.7. The second kappa shape index (κ2) is 8.12. The zero-order valence-electron chi connectivity index (χ0n) is 11.5. The molecule has 0 aromatic carbocycles. The lowest BCUT2D eigenvalue weighted by molar-refractivity contribution is -0.122. The van der Waals surface area contributed by atoms with Crippen LogP contribution in [0.15, 0.2) is 0 Å². The molecule has 1 rings (SSSR count). The molecule has 0 unspecified atom stereocenters. The Hall–Kier alpha value is -0.130. The second-order valence-electron chi connectivity index (χ2n) is 5.33. The van der Waals surface area contributed by atoms with Crippen molar-refractivity contribution in [2.75, 3.05) is 38.2 Å². The summed E-state index contributed by atoms with van der Waals surface area (Å²) in [5.41, 5.74) is 0.00879. The first kappa shape index (κ1) is 15.9. The highest BCUT2D eigenvalue weighted by Gasteiger charge is 2.28. The molecule has 0 aliphatic carbocycles. The van der Waals surface area contributed by atoms with E-state index < -0.39 is 0 Å². The smallest absolute Gasteiger partial charge is 0.220 e. The van der Waals surface area contributed by atoms with E-state index in [2.05, 4.69) is 40.0 Å². The minimum Gasteiger partial charge on any atom is -0.379 e. The van der Waals surface area contributed by atoms with Crippen LogP contribution < -0.4 is 5.32 Å². The van der Waals surface area contributed by atoms with Crippen molar-refractivity contribution >= 4 is 21.8 Å². The Labute approximate surface area is 119 Å². The van der Waals surface area contributed by atoms with Gasteiger partial charge in [0, 0.05) is 36.9 Å². The van der Waals surface area contributed by atoms with E-state index in [4.69, 9.17) is 4.74 Å². The van der Waals surface area contributed by atoms with E-state index in [1.54, 1.807) is 0 Å². The summed E-state index contributed by atoms with van der Waals surface area (Å²) in [4.78, 5) is 14.1. The molecule has 0 aromatic rings. The number of unbranched alkanes of at least 4 members (excludes halogenated alkanes) is 1. The molecular formula is C13H25BrN2O2. The molecular weight excluding hydrogens is 296 g/mol. The van der Waals surface area contributed by atoms with Crippen molar-refractivity contribution in [2.24, 2.45) is 0 Å². The Bertz CT molecular complexity index is 253. The van der Waals surface area contributed by atoms with Crippen molar-refractivity contribution in [1.29, 1.82) is 0 Å². The molecule has 18 heavy (non-hydrogen) atoms. The standard InChI is InChI=1S/C13H25BrN2O2/c1-13(2,16-7-9-18-10-8-16)11-15-12(17)5-3-4-6-14/h3-11H2,1-2H3,(H,15,17). The van der Waals surface area contributed by atoms with E-state index in [0.717, 1.165) is 44.5 Å². The highest BCUT2D eigenvalue weighted by atomic mass is 79.9. The Morgan fingerprint density at radius 2 is 2.00 bits per heavy atom. The monoisotopic (exact) mass is 320 g/mol. The number of rotatable bonds is 7. The number of carbonyl (C=O) groups excluding carboxylic acids is 1. The third-order valence-corrected chi connectivity index (χ3v) is 3.93. The predicted octanol–water partition coefficient (Wildman–Crippen LogP) is 1.78. The third-order valence-electron chi connectivity index (χ3n) is 3.37. The fourth-order valence-corrected chi connectivity index (χ4v) is 2.46. The van der Waals surface area contributed by atoms with Crippen LogP contribution in [0.1, 0.15) is 33.1 Å². The van der Waals surface area contributed by atoms with Crippen LogP contribution in [0.3, 0.4) is 0 Å². The van der Waals surface area contributed by atoms with Crippen molar-refractivity contribution in [2.45, 2.75) is 38.6 Å². The molecule has 1 aliphatic rings. The van der Waals surface area contributed by atoms with Gasteiger partial charge in [-0.25, -0.2) is 0 Å². The number of hydrogen-bond acceptors (Lipinski definition) is 3. The number of ether oxygens (including phenoxy) is 1. The SMILES string of the molecule is CC(C)(CNC(=O)CCCCBr)N1CCOCC1. The second-order valence-corrected chi connectivity index (χ2v) is 6.13. The molecule has 4 nitrogen and oxygen atoms in total. The summed E-state index contributed by atoms with van der Waals surface area (Å²) in [6.07, 6.45) is 2.64. The van der Waals surface area contributed by atoms with Crippen LogP contribution in [-0.4, -0.2) is 54.5 Å². The van der Waals surface area contributed by atoms with Gasteiger partial charge in [0.05, 0.1) is 13.2 Å². The maximum Gasteiger partial charge on any atom is 0.220 e. The number of hydrogen-bond donors (Lipinski definition) is 1. The minimum atomic E-state index is 0.00879. The molecule has 0 bridgehead atoms. The van der Waals surface area contributed by atoms with Crippen LogP contribution in [0.2, 0.25) is 0 Å². The number of carbonyl (C=O) groups is 1. The van der Waals surface area contributed by atoms with Crippen LogP contribution in [0, 0.1) is 0 Å². The van der Waals surface area contributed by atoms with Crippen molar-refractivity contribution < 1.29 is 9.53 Å². The van der Waals surface area contributed by atoms with Crippen molar-refractivity contribution in [3.8, 4) is 0 Å². The Balaban J connectivity index is 2.24. The first-order chi connectivity index (χ1) is 8.56. The number of amides is 1.